The van der Waals surface area contributed by atoms with Crippen LogP contribution in [0.5, 0.6) is 0 Å². The predicted octanol–water partition coefficient (Wildman–Crippen LogP) is 4.05. The topological polar surface area (TPSA) is 103 Å². The minimum Gasteiger partial charge on any atom is -0.464 e. The molecule has 9 heteroatoms. The molecule has 0 aliphatic heterocycles. The Labute approximate surface area is 207 Å². The van der Waals surface area contributed by atoms with Gasteiger partial charge in [0.2, 0.25) is 0 Å². The van der Waals surface area contributed by atoms with E-state index in [0.29, 0.717) is 38.0 Å². The minimum atomic E-state index is -3.38. The van der Waals surface area contributed by atoms with Gasteiger partial charge in [0.1, 0.15) is 5.69 Å². The fourth-order valence-electron chi connectivity index (χ4n) is 3.97. The van der Waals surface area contributed by atoms with Gasteiger partial charge in [0.15, 0.2) is 9.84 Å². The number of aliphatic hydroxyl groups excluding tert-OH is 1. The van der Waals surface area contributed by atoms with Crippen LogP contribution in [-0.2, 0) is 27.7 Å². The van der Waals surface area contributed by atoms with Crippen LogP contribution in [0.25, 0.3) is 21.9 Å². The van der Waals surface area contributed by atoms with Crippen molar-refractivity contribution in [1.82, 2.24) is 4.57 Å². The van der Waals surface area contributed by atoms with Gasteiger partial charge in [0, 0.05) is 22.2 Å². The van der Waals surface area contributed by atoms with Crippen LogP contribution in [0.3, 0.4) is 0 Å². The van der Waals surface area contributed by atoms with Gasteiger partial charge in [-0.25, -0.2) is 13.2 Å². The molecular formula is C26H22ClNO6S. The summed E-state index contributed by atoms with van der Waals surface area (Å²) in [7, 11) is -2.15. The summed E-state index contributed by atoms with van der Waals surface area (Å²) in [5.41, 5.74) is 2.04. The summed E-state index contributed by atoms with van der Waals surface area (Å²) in [6.45, 7) is -0.132. The summed E-state index contributed by atoms with van der Waals surface area (Å²) in [6, 6.07) is 17.9. The number of pyridine rings is 1. The molecule has 35 heavy (non-hydrogen) atoms. The first kappa shape index (κ1) is 24.7. The number of methoxy groups -OCH3 is 1. The Hall–Kier alpha value is -3.46. The van der Waals surface area contributed by atoms with Crippen molar-refractivity contribution in [3.63, 3.8) is 0 Å². The van der Waals surface area contributed by atoms with Crippen LogP contribution in [-0.4, -0.2) is 37.4 Å². The Morgan fingerprint density at radius 1 is 0.971 bits per heavy atom. The third kappa shape index (κ3) is 4.86. The lowest BCUT2D eigenvalue weighted by Gasteiger charge is -2.19. The fraction of sp³-hybridized carbons (Fsp3) is 0.154. The second-order valence-electron chi connectivity index (χ2n) is 8.07. The molecule has 1 aromatic heterocycles. The summed E-state index contributed by atoms with van der Waals surface area (Å²) in [6.07, 6.45) is 1.12. The molecule has 7 nitrogen and oxygen atoms in total. The third-order valence-corrected chi connectivity index (χ3v) is 7.09. The number of aromatic nitrogens is 1. The largest absolute Gasteiger partial charge is 0.464 e. The Balaban J connectivity index is 2.03. The van der Waals surface area contributed by atoms with Gasteiger partial charge in [-0.2, -0.15) is 0 Å². The zero-order chi connectivity index (χ0) is 25.3. The first-order valence-electron chi connectivity index (χ1n) is 10.6. The maximum Gasteiger partial charge on any atom is 0.355 e. The second kappa shape index (κ2) is 9.65. The predicted molar refractivity (Wildman–Crippen MR) is 135 cm³/mol. The zero-order valence-electron chi connectivity index (χ0n) is 19.0. The Morgan fingerprint density at radius 3 is 2.17 bits per heavy atom. The SMILES string of the molecule is COC(=O)c1c(-c2ccc(CO)cc2)c2cc(Cl)ccc2c(=O)n1Cc1ccc(S(C)(=O)=O)cc1. The number of nitrogens with zero attached hydrogens (tertiary/aromatic N) is 1. The lowest BCUT2D eigenvalue weighted by molar-refractivity contribution is 0.0588. The Bertz CT molecular complexity index is 1590. The van der Waals surface area contributed by atoms with Crippen molar-refractivity contribution in [2.75, 3.05) is 13.4 Å². The highest BCUT2D eigenvalue weighted by Crippen LogP contribution is 2.33. The van der Waals surface area contributed by atoms with Crippen LogP contribution in [0.15, 0.2) is 76.4 Å². The van der Waals surface area contributed by atoms with Crippen molar-refractivity contribution in [3.8, 4) is 11.1 Å². The molecule has 4 aromatic rings. The molecule has 0 unspecified atom stereocenters. The summed E-state index contributed by atoms with van der Waals surface area (Å²) in [5, 5.41) is 10.7. The van der Waals surface area contributed by atoms with E-state index in [9.17, 15) is 23.1 Å². The molecule has 0 fully saturated rings. The van der Waals surface area contributed by atoms with E-state index >= 15 is 0 Å². The number of hydrogen-bond donors (Lipinski definition) is 1. The van der Waals surface area contributed by atoms with Crippen LogP contribution in [0.2, 0.25) is 5.02 Å². The van der Waals surface area contributed by atoms with E-state index in [1.54, 1.807) is 54.6 Å². The lowest BCUT2D eigenvalue weighted by atomic mass is 9.95. The summed E-state index contributed by atoms with van der Waals surface area (Å²) < 4.78 is 30.0. The molecule has 180 valence electrons. The maximum atomic E-state index is 13.6. The minimum absolute atomic E-state index is 0.00754. The van der Waals surface area contributed by atoms with E-state index in [-0.39, 0.29) is 23.7 Å². The first-order chi connectivity index (χ1) is 16.6. The van der Waals surface area contributed by atoms with Crippen LogP contribution in [0, 0.1) is 0 Å². The number of carbonyl (C=O) groups is 1. The molecular weight excluding hydrogens is 490 g/mol. The van der Waals surface area contributed by atoms with Gasteiger partial charge >= 0.3 is 5.97 Å². The van der Waals surface area contributed by atoms with Gasteiger partial charge in [-0.3, -0.25) is 9.36 Å². The standard InChI is InChI=1S/C26H22ClNO6S/c1-34-26(31)24-23(18-7-3-17(15-29)4-8-18)22-13-19(27)9-12-21(22)25(30)28(24)14-16-5-10-20(11-6-16)35(2,32)33/h3-13,29H,14-15H2,1-2H3. The van der Waals surface area contributed by atoms with Gasteiger partial charge in [-0.05, 0) is 52.4 Å². The smallest absolute Gasteiger partial charge is 0.355 e. The summed E-state index contributed by atoms with van der Waals surface area (Å²) in [5.74, 6) is -0.710. The molecule has 0 radical (unpaired) electrons. The lowest BCUT2D eigenvalue weighted by Crippen LogP contribution is -2.28. The molecule has 0 aliphatic carbocycles. The van der Waals surface area contributed by atoms with Crippen LogP contribution < -0.4 is 5.56 Å². The number of hydrogen-bond acceptors (Lipinski definition) is 6. The number of benzene rings is 3. The number of rotatable bonds is 6. The molecule has 0 saturated heterocycles. The molecule has 0 saturated carbocycles. The van der Waals surface area contributed by atoms with Crippen LogP contribution in [0.1, 0.15) is 21.6 Å². The third-order valence-electron chi connectivity index (χ3n) is 5.73. The van der Waals surface area contributed by atoms with Crippen molar-refractivity contribution < 1.29 is 23.1 Å². The highest BCUT2D eigenvalue weighted by Gasteiger charge is 2.24. The van der Waals surface area contributed by atoms with Crippen molar-refractivity contribution in [2.24, 2.45) is 0 Å². The number of fused-ring (bicyclic) bond motifs is 1. The number of sulfone groups is 1. The quantitative estimate of drug-likeness (QED) is 0.392. The number of halogens is 1. The number of esters is 1. The van der Waals surface area contributed by atoms with E-state index in [4.69, 9.17) is 16.3 Å². The highest BCUT2D eigenvalue weighted by atomic mass is 35.5. The number of aliphatic hydroxyl groups is 1. The molecule has 0 aliphatic rings. The number of ether oxygens (including phenoxy) is 1. The zero-order valence-corrected chi connectivity index (χ0v) is 20.6. The Morgan fingerprint density at radius 2 is 1.60 bits per heavy atom. The van der Waals surface area contributed by atoms with Crippen LogP contribution in [0.4, 0.5) is 0 Å². The number of carbonyl (C=O) groups excluding carboxylic acids is 1. The molecule has 1 heterocycles. The molecule has 0 atom stereocenters. The van der Waals surface area contributed by atoms with Gasteiger partial charge < -0.3 is 9.84 Å². The summed E-state index contributed by atoms with van der Waals surface area (Å²) in [4.78, 5) is 26.8. The fourth-order valence-corrected chi connectivity index (χ4v) is 4.78. The normalized spacial score (nSPS) is 11.5. The average molecular weight is 512 g/mol. The van der Waals surface area contributed by atoms with E-state index in [1.165, 1.54) is 23.8 Å². The average Bonchev–Trinajstić information content (AvgIpc) is 2.84. The van der Waals surface area contributed by atoms with E-state index in [1.807, 2.05) is 0 Å². The van der Waals surface area contributed by atoms with Crippen molar-refractivity contribution in [1.29, 1.82) is 0 Å². The highest BCUT2D eigenvalue weighted by molar-refractivity contribution is 7.90. The monoisotopic (exact) mass is 511 g/mol. The van der Waals surface area contributed by atoms with Gasteiger partial charge in [-0.1, -0.05) is 48.0 Å². The molecule has 3 aromatic carbocycles. The van der Waals surface area contributed by atoms with Crippen molar-refractivity contribution in [2.45, 2.75) is 18.0 Å². The van der Waals surface area contributed by atoms with Crippen molar-refractivity contribution in [3.05, 3.63) is 98.9 Å². The molecule has 4 rings (SSSR count). The Kier molecular flexibility index (Phi) is 6.80. The molecule has 0 spiro atoms. The summed E-state index contributed by atoms with van der Waals surface area (Å²) >= 11 is 6.26. The molecule has 1 N–H and O–H groups in total. The van der Waals surface area contributed by atoms with Crippen molar-refractivity contribution >= 4 is 38.2 Å². The van der Waals surface area contributed by atoms with E-state index in [2.05, 4.69) is 0 Å². The maximum absolute atomic E-state index is 13.6. The van der Waals surface area contributed by atoms with Gasteiger partial charge in [0.05, 0.1) is 25.2 Å². The van der Waals surface area contributed by atoms with Gasteiger partial charge in [-0.15, -0.1) is 0 Å². The van der Waals surface area contributed by atoms with E-state index in [0.717, 1.165) is 6.26 Å². The molecule has 0 bridgehead atoms. The first-order valence-corrected chi connectivity index (χ1v) is 12.8. The molecule has 0 amide bonds. The van der Waals surface area contributed by atoms with Gasteiger partial charge in [0.25, 0.3) is 5.56 Å². The van der Waals surface area contributed by atoms with Crippen LogP contribution >= 0.6 is 11.6 Å². The second-order valence-corrected chi connectivity index (χ2v) is 10.5. The van der Waals surface area contributed by atoms with E-state index < -0.39 is 21.4 Å².